The average molecular weight is 414 g/mol. The van der Waals surface area contributed by atoms with E-state index < -0.39 is 0 Å². The summed E-state index contributed by atoms with van der Waals surface area (Å²) in [5, 5.41) is 11.2. The molecule has 0 rings (SSSR count). The van der Waals surface area contributed by atoms with Crippen LogP contribution in [0.1, 0.15) is 6.42 Å². The number of rotatable bonds is 22. The highest BCUT2D eigenvalue weighted by Crippen LogP contribution is 1.85. The molecule has 0 aromatic heterocycles. The average Bonchev–Trinajstić information content (AvgIpc) is 2.66. The molecule has 0 atom stereocenters. The summed E-state index contributed by atoms with van der Waals surface area (Å²) in [4.78, 5) is 11.2. The van der Waals surface area contributed by atoms with Crippen molar-refractivity contribution in [3.8, 4) is 0 Å². The summed E-state index contributed by atoms with van der Waals surface area (Å²) in [5.41, 5.74) is 0. The molecule has 0 saturated carbocycles. The summed E-state index contributed by atoms with van der Waals surface area (Å²) in [6.45, 7) is 6.29. The molecule has 0 spiro atoms. The van der Waals surface area contributed by atoms with Gasteiger partial charge in [0.2, 0.25) is 5.91 Å². The van der Waals surface area contributed by atoms with Crippen molar-refractivity contribution >= 4 is 18.5 Å². The molecule has 9 nitrogen and oxygen atoms in total. The van der Waals surface area contributed by atoms with Gasteiger partial charge in [0.15, 0.2) is 0 Å². The number of hydrogen-bond acceptors (Lipinski definition) is 9. The standard InChI is InChI=1S/C17H35NO8S/c19-3-5-22-7-9-24-11-13-26-15-14-25-12-10-23-8-6-21-4-2-18-17(20)1-16-27/h19,27H,1-16H2,(H,18,20). The van der Waals surface area contributed by atoms with Gasteiger partial charge in [0.1, 0.15) is 0 Å². The SMILES string of the molecule is O=C(CCS)NCCOCCOCCOCCOCCOCCOCCO. The van der Waals surface area contributed by atoms with Crippen LogP contribution in [0, 0.1) is 0 Å². The Hall–Kier alpha value is -0.460. The molecule has 10 heteroatoms. The van der Waals surface area contributed by atoms with Crippen molar-refractivity contribution in [2.45, 2.75) is 6.42 Å². The van der Waals surface area contributed by atoms with Crippen LogP contribution < -0.4 is 5.32 Å². The summed E-state index contributed by atoms with van der Waals surface area (Å²) >= 11 is 3.99. The highest BCUT2D eigenvalue weighted by Gasteiger charge is 1.98. The quantitative estimate of drug-likeness (QED) is 0.161. The predicted molar refractivity (Wildman–Crippen MR) is 103 cm³/mol. The number of amides is 1. The van der Waals surface area contributed by atoms with E-state index in [0.29, 0.717) is 98.0 Å². The Morgan fingerprint density at radius 2 is 1.04 bits per heavy atom. The molecule has 2 N–H and O–H groups in total. The van der Waals surface area contributed by atoms with Crippen LogP contribution in [0.4, 0.5) is 0 Å². The smallest absolute Gasteiger partial charge is 0.220 e. The van der Waals surface area contributed by atoms with Gasteiger partial charge in [-0.05, 0) is 5.75 Å². The summed E-state index contributed by atoms with van der Waals surface area (Å²) in [5.74, 6) is 0.536. The highest BCUT2D eigenvalue weighted by molar-refractivity contribution is 7.80. The van der Waals surface area contributed by atoms with E-state index in [9.17, 15) is 4.79 Å². The van der Waals surface area contributed by atoms with Gasteiger partial charge >= 0.3 is 0 Å². The van der Waals surface area contributed by atoms with E-state index in [-0.39, 0.29) is 12.5 Å². The van der Waals surface area contributed by atoms with Crippen molar-refractivity contribution in [3.63, 3.8) is 0 Å². The number of aliphatic hydroxyl groups is 1. The first kappa shape index (κ1) is 26.5. The van der Waals surface area contributed by atoms with E-state index in [1.165, 1.54) is 0 Å². The summed E-state index contributed by atoms with van der Waals surface area (Å²) in [6, 6.07) is 0. The molecule has 1 amide bonds. The molecular formula is C17H35NO8S. The van der Waals surface area contributed by atoms with Crippen LogP contribution in [0.25, 0.3) is 0 Å². The van der Waals surface area contributed by atoms with E-state index in [2.05, 4.69) is 17.9 Å². The van der Waals surface area contributed by atoms with E-state index in [0.717, 1.165) is 0 Å². The predicted octanol–water partition coefficient (Wildman–Crippen LogP) is -0.486. The molecule has 27 heavy (non-hydrogen) atoms. The molecule has 0 radical (unpaired) electrons. The molecule has 0 fully saturated rings. The normalized spacial score (nSPS) is 11.0. The van der Waals surface area contributed by atoms with E-state index in [1.807, 2.05) is 0 Å². The molecule has 0 unspecified atom stereocenters. The lowest BCUT2D eigenvalue weighted by molar-refractivity contribution is -0.120. The topological polar surface area (TPSA) is 105 Å². The Kier molecular flexibility index (Phi) is 23.2. The van der Waals surface area contributed by atoms with Gasteiger partial charge in [0, 0.05) is 13.0 Å². The first-order valence-electron chi connectivity index (χ1n) is 9.26. The second-order valence-electron chi connectivity index (χ2n) is 5.22. The van der Waals surface area contributed by atoms with Crippen molar-refractivity contribution in [2.24, 2.45) is 0 Å². The third-order valence-electron chi connectivity index (χ3n) is 3.00. The third-order valence-corrected chi connectivity index (χ3v) is 3.23. The van der Waals surface area contributed by atoms with Gasteiger partial charge in [-0.1, -0.05) is 0 Å². The maximum atomic E-state index is 11.2. The Morgan fingerprint density at radius 3 is 1.41 bits per heavy atom. The number of thiol groups is 1. The molecule has 0 aromatic carbocycles. The van der Waals surface area contributed by atoms with Gasteiger partial charge < -0.3 is 38.8 Å². The van der Waals surface area contributed by atoms with Gasteiger partial charge in [-0.25, -0.2) is 0 Å². The lowest BCUT2D eigenvalue weighted by atomic mass is 10.4. The van der Waals surface area contributed by atoms with Gasteiger partial charge in [-0.3, -0.25) is 4.79 Å². The minimum absolute atomic E-state index is 0.0117. The van der Waals surface area contributed by atoms with Crippen LogP contribution in [-0.4, -0.2) is 109 Å². The molecule has 0 saturated heterocycles. The zero-order valence-electron chi connectivity index (χ0n) is 16.1. The Labute approximate surface area is 167 Å². The molecule has 0 bridgehead atoms. The molecular weight excluding hydrogens is 378 g/mol. The molecule has 0 aliphatic rings. The summed E-state index contributed by atoms with van der Waals surface area (Å²) in [7, 11) is 0. The summed E-state index contributed by atoms with van der Waals surface area (Å²) < 4.78 is 31.7. The van der Waals surface area contributed by atoms with Crippen molar-refractivity contribution < 1.29 is 38.3 Å². The third kappa shape index (κ3) is 23.5. The molecule has 0 aliphatic carbocycles. The lowest BCUT2D eigenvalue weighted by Crippen LogP contribution is -2.27. The van der Waals surface area contributed by atoms with Crippen LogP contribution in [0.15, 0.2) is 0 Å². The van der Waals surface area contributed by atoms with Gasteiger partial charge in [0.05, 0.1) is 85.9 Å². The molecule has 0 heterocycles. The zero-order valence-corrected chi connectivity index (χ0v) is 17.0. The van der Waals surface area contributed by atoms with Gasteiger partial charge in [-0.2, -0.15) is 12.6 Å². The number of nitrogens with one attached hydrogen (secondary N) is 1. The van der Waals surface area contributed by atoms with E-state index >= 15 is 0 Å². The first-order valence-corrected chi connectivity index (χ1v) is 9.89. The van der Waals surface area contributed by atoms with Crippen molar-refractivity contribution in [1.29, 1.82) is 0 Å². The maximum Gasteiger partial charge on any atom is 0.220 e. The monoisotopic (exact) mass is 413 g/mol. The Balaban J connectivity index is 3.02. The second kappa shape index (κ2) is 23.6. The number of carbonyl (C=O) groups is 1. The number of hydrogen-bond donors (Lipinski definition) is 3. The second-order valence-corrected chi connectivity index (χ2v) is 5.67. The maximum absolute atomic E-state index is 11.2. The van der Waals surface area contributed by atoms with Crippen LogP contribution in [0.3, 0.4) is 0 Å². The fourth-order valence-corrected chi connectivity index (χ4v) is 1.92. The fourth-order valence-electron chi connectivity index (χ4n) is 1.72. The van der Waals surface area contributed by atoms with E-state index in [1.54, 1.807) is 0 Å². The van der Waals surface area contributed by atoms with Gasteiger partial charge in [-0.15, -0.1) is 0 Å². The minimum Gasteiger partial charge on any atom is -0.394 e. The largest absolute Gasteiger partial charge is 0.394 e. The zero-order chi connectivity index (χ0) is 19.8. The Morgan fingerprint density at radius 1 is 0.667 bits per heavy atom. The van der Waals surface area contributed by atoms with Crippen LogP contribution in [0.5, 0.6) is 0 Å². The Bertz CT molecular complexity index is 313. The minimum atomic E-state index is -0.0117. The summed E-state index contributed by atoms with van der Waals surface area (Å²) in [6.07, 6.45) is 0.423. The first-order chi connectivity index (χ1) is 13.3. The van der Waals surface area contributed by atoms with Crippen molar-refractivity contribution in [1.82, 2.24) is 5.32 Å². The van der Waals surface area contributed by atoms with Crippen LogP contribution in [0.2, 0.25) is 0 Å². The fraction of sp³-hybridized carbons (Fsp3) is 0.941. The highest BCUT2D eigenvalue weighted by atomic mass is 32.1. The molecule has 0 aromatic rings. The van der Waals surface area contributed by atoms with Crippen molar-refractivity contribution in [2.75, 3.05) is 98.2 Å². The van der Waals surface area contributed by atoms with E-state index in [4.69, 9.17) is 33.5 Å². The lowest BCUT2D eigenvalue weighted by Gasteiger charge is -2.08. The van der Waals surface area contributed by atoms with Crippen LogP contribution >= 0.6 is 12.6 Å². The number of carbonyl (C=O) groups excluding carboxylic acids is 1. The number of ether oxygens (including phenoxy) is 6. The van der Waals surface area contributed by atoms with Crippen LogP contribution in [-0.2, 0) is 33.2 Å². The number of aliphatic hydroxyl groups excluding tert-OH is 1. The molecule has 162 valence electrons. The van der Waals surface area contributed by atoms with Gasteiger partial charge in [0.25, 0.3) is 0 Å². The molecule has 0 aliphatic heterocycles. The van der Waals surface area contributed by atoms with Crippen molar-refractivity contribution in [3.05, 3.63) is 0 Å².